The van der Waals surface area contributed by atoms with Gasteiger partial charge in [-0.1, -0.05) is 30.3 Å². The van der Waals surface area contributed by atoms with Gasteiger partial charge in [0.2, 0.25) is 0 Å². The summed E-state index contributed by atoms with van der Waals surface area (Å²) in [5, 5.41) is 2.54. The Hall–Kier alpha value is -2.08. The molecule has 26 heavy (non-hydrogen) atoms. The summed E-state index contributed by atoms with van der Waals surface area (Å²) in [7, 11) is 0. The minimum absolute atomic E-state index is 0.232. The lowest BCUT2D eigenvalue weighted by Gasteiger charge is -2.32. The SMILES string of the molecule is CC(C)(C)OC(=O)NC(C)(C)C(=O)OC(C)(C)COCc1ccccc1. The van der Waals surface area contributed by atoms with Gasteiger partial charge in [0.15, 0.2) is 0 Å². The highest BCUT2D eigenvalue weighted by Gasteiger charge is 2.36. The number of esters is 1. The van der Waals surface area contributed by atoms with Crippen molar-refractivity contribution < 1.29 is 23.8 Å². The lowest BCUT2D eigenvalue weighted by atomic mass is 10.1. The number of carbonyl (C=O) groups excluding carboxylic acids is 2. The van der Waals surface area contributed by atoms with E-state index in [1.165, 1.54) is 0 Å². The summed E-state index contributed by atoms with van der Waals surface area (Å²) < 4.78 is 16.4. The fourth-order valence-electron chi connectivity index (χ4n) is 2.01. The zero-order valence-electron chi connectivity index (χ0n) is 16.8. The lowest BCUT2D eigenvalue weighted by Crippen LogP contribution is -2.54. The highest BCUT2D eigenvalue weighted by Crippen LogP contribution is 2.17. The summed E-state index contributed by atoms with van der Waals surface area (Å²) in [5.41, 5.74) is -1.66. The second kappa shape index (κ2) is 8.54. The van der Waals surface area contributed by atoms with Crippen LogP contribution in [0.15, 0.2) is 30.3 Å². The van der Waals surface area contributed by atoms with Crippen molar-refractivity contribution in [3.05, 3.63) is 35.9 Å². The number of amides is 1. The lowest BCUT2D eigenvalue weighted by molar-refractivity contribution is -0.169. The number of alkyl carbamates (subject to hydrolysis) is 1. The molecule has 0 bridgehead atoms. The van der Waals surface area contributed by atoms with Crippen LogP contribution in [-0.2, 0) is 25.6 Å². The molecule has 0 radical (unpaired) electrons. The molecule has 6 heteroatoms. The second-order valence-corrected chi connectivity index (χ2v) is 8.38. The summed E-state index contributed by atoms with van der Waals surface area (Å²) in [6.07, 6.45) is -0.669. The van der Waals surface area contributed by atoms with Crippen molar-refractivity contribution in [1.82, 2.24) is 5.32 Å². The van der Waals surface area contributed by atoms with Crippen LogP contribution < -0.4 is 5.32 Å². The van der Waals surface area contributed by atoms with Crippen molar-refractivity contribution in [3.63, 3.8) is 0 Å². The molecule has 1 rings (SSSR count). The number of ether oxygens (including phenoxy) is 3. The van der Waals surface area contributed by atoms with E-state index in [1.807, 2.05) is 30.3 Å². The van der Waals surface area contributed by atoms with Crippen molar-refractivity contribution in [2.45, 2.75) is 71.8 Å². The first-order chi connectivity index (χ1) is 11.8. The third-order valence-corrected chi connectivity index (χ3v) is 3.25. The molecule has 0 unspecified atom stereocenters. The molecular weight excluding hydrogens is 334 g/mol. The van der Waals surface area contributed by atoms with Crippen LogP contribution in [0.2, 0.25) is 0 Å². The summed E-state index contributed by atoms with van der Waals surface area (Å²) in [4.78, 5) is 24.4. The number of hydrogen-bond donors (Lipinski definition) is 1. The fraction of sp³-hybridized carbons (Fsp3) is 0.600. The average molecular weight is 365 g/mol. The van der Waals surface area contributed by atoms with E-state index in [2.05, 4.69) is 5.32 Å². The molecule has 1 N–H and O–H groups in total. The van der Waals surface area contributed by atoms with Gasteiger partial charge in [-0.2, -0.15) is 0 Å². The molecule has 6 nitrogen and oxygen atoms in total. The topological polar surface area (TPSA) is 73.9 Å². The monoisotopic (exact) mass is 365 g/mol. The minimum Gasteiger partial charge on any atom is -0.455 e. The van der Waals surface area contributed by atoms with Crippen LogP contribution in [0.1, 0.15) is 54.0 Å². The predicted octanol–water partition coefficient (Wildman–Crippen LogP) is 3.83. The number of rotatable bonds is 7. The van der Waals surface area contributed by atoms with Crippen LogP contribution in [0.3, 0.4) is 0 Å². The van der Waals surface area contributed by atoms with Gasteiger partial charge < -0.3 is 19.5 Å². The van der Waals surface area contributed by atoms with Crippen LogP contribution in [0.4, 0.5) is 4.79 Å². The van der Waals surface area contributed by atoms with Crippen LogP contribution in [-0.4, -0.2) is 35.4 Å². The Morgan fingerprint density at radius 2 is 1.50 bits per heavy atom. The molecule has 1 aromatic rings. The third-order valence-electron chi connectivity index (χ3n) is 3.25. The number of carbonyl (C=O) groups is 2. The van der Waals surface area contributed by atoms with Crippen molar-refractivity contribution in [1.29, 1.82) is 0 Å². The number of hydrogen-bond acceptors (Lipinski definition) is 5. The van der Waals surface area contributed by atoms with Gasteiger partial charge >= 0.3 is 12.1 Å². The minimum atomic E-state index is -1.22. The van der Waals surface area contributed by atoms with Gasteiger partial charge in [0.1, 0.15) is 16.7 Å². The Kier molecular flexibility index (Phi) is 7.21. The maximum Gasteiger partial charge on any atom is 0.408 e. The predicted molar refractivity (Wildman–Crippen MR) is 99.7 cm³/mol. The molecule has 1 aromatic carbocycles. The Balaban J connectivity index is 2.53. The number of benzene rings is 1. The van der Waals surface area contributed by atoms with Gasteiger partial charge in [-0.05, 0) is 54.0 Å². The number of nitrogens with one attached hydrogen (secondary N) is 1. The van der Waals surface area contributed by atoms with Crippen molar-refractivity contribution in [2.75, 3.05) is 6.61 Å². The van der Waals surface area contributed by atoms with Gasteiger partial charge in [0.05, 0.1) is 13.2 Å². The normalized spacial score (nSPS) is 12.4. The molecule has 0 saturated carbocycles. The maximum absolute atomic E-state index is 12.5. The molecule has 0 aliphatic carbocycles. The van der Waals surface area contributed by atoms with Crippen LogP contribution >= 0.6 is 0 Å². The standard InChI is InChI=1S/C20H31NO5/c1-18(2,3)26-17(23)21-20(6,7)16(22)25-19(4,5)14-24-13-15-11-9-8-10-12-15/h8-12H,13-14H2,1-7H3,(H,21,23). The first-order valence-electron chi connectivity index (χ1n) is 8.67. The summed E-state index contributed by atoms with van der Waals surface area (Å²) >= 11 is 0. The largest absolute Gasteiger partial charge is 0.455 e. The van der Waals surface area contributed by atoms with E-state index < -0.39 is 28.8 Å². The van der Waals surface area contributed by atoms with Crippen LogP contribution in [0, 0.1) is 0 Å². The molecule has 0 atom stereocenters. The van der Waals surface area contributed by atoms with Crippen molar-refractivity contribution in [2.24, 2.45) is 0 Å². The van der Waals surface area contributed by atoms with Crippen LogP contribution in [0.25, 0.3) is 0 Å². The van der Waals surface area contributed by atoms with E-state index >= 15 is 0 Å². The molecule has 0 aliphatic rings. The molecule has 0 heterocycles. The smallest absolute Gasteiger partial charge is 0.408 e. The van der Waals surface area contributed by atoms with E-state index in [0.717, 1.165) is 5.56 Å². The molecule has 0 spiro atoms. The highest BCUT2D eigenvalue weighted by atomic mass is 16.6. The molecule has 0 aliphatic heterocycles. The maximum atomic E-state index is 12.5. The van der Waals surface area contributed by atoms with E-state index in [-0.39, 0.29) is 6.61 Å². The van der Waals surface area contributed by atoms with E-state index in [9.17, 15) is 9.59 Å². The van der Waals surface area contributed by atoms with Crippen molar-refractivity contribution >= 4 is 12.1 Å². The zero-order chi connectivity index (χ0) is 20.0. The fourth-order valence-corrected chi connectivity index (χ4v) is 2.01. The van der Waals surface area contributed by atoms with Gasteiger partial charge in [0.25, 0.3) is 0 Å². The highest BCUT2D eigenvalue weighted by molar-refractivity contribution is 5.85. The second-order valence-electron chi connectivity index (χ2n) is 8.38. The third kappa shape index (κ3) is 8.34. The van der Waals surface area contributed by atoms with Gasteiger partial charge in [-0.15, -0.1) is 0 Å². The Morgan fingerprint density at radius 1 is 0.923 bits per heavy atom. The van der Waals surface area contributed by atoms with Gasteiger partial charge in [0, 0.05) is 0 Å². The Labute approximate surface area is 156 Å². The zero-order valence-corrected chi connectivity index (χ0v) is 16.8. The molecule has 146 valence electrons. The van der Waals surface area contributed by atoms with Crippen molar-refractivity contribution in [3.8, 4) is 0 Å². The molecule has 0 fully saturated rings. The van der Waals surface area contributed by atoms with E-state index in [1.54, 1.807) is 48.5 Å². The van der Waals surface area contributed by atoms with Crippen LogP contribution in [0.5, 0.6) is 0 Å². The summed E-state index contributed by atoms with van der Waals surface area (Å²) in [5.74, 6) is -0.559. The van der Waals surface area contributed by atoms with E-state index in [0.29, 0.717) is 6.61 Å². The first kappa shape index (κ1) is 22.0. The average Bonchev–Trinajstić information content (AvgIpc) is 2.44. The summed E-state index contributed by atoms with van der Waals surface area (Å²) in [6.45, 7) is 12.6. The Bertz CT molecular complexity index is 602. The quantitative estimate of drug-likeness (QED) is 0.744. The first-order valence-corrected chi connectivity index (χ1v) is 8.67. The molecular formula is C20H31NO5. The summed E-state index contributed by atoms with van der Waals surface area (Å²) in [6, 6.07) is 9.75. The van der Waals surface area contributed by atoms with Gasteiger partial charge in [-0.3, -0.25) is 0 Å². The Morgan fingerprint density at radius 3 is 2.04 bits per heavy atom. The van der Waals surface area contributed by atoms with E-state index in [4.69, 9.17) is 14.2 Å². The van der Waals surface area contributed by atoms with Gasteiger partial charge in [-0.25, -0.2) is 9.59 Å². The molecule has 1 amide bonds. The molecule has 0 saturated heterocycles. The molecule has 0 aromatic heterocycles.